The lowest BCUT2D eigenvalue weighted by Crippen LogP contribution is -1.86. The van der Waals surface area contributed by atoms with E-state index in [2.05, 4.69) is 77.8 Å². The minimum atomic E-state index is 1.03. The van der Waals surface area contributed by atoms with E-state index in [9.17, 15) is 0 Å². The van der Waals surface area contributed by atoms with E-state index in [1.54, 1.807) is 0 Å². The number of rotatable bonds is 2. The van der Waals surface area contributed by atoms with Crippen LogP contribution in [0.25, 0.3) is 33.2 Å². The van der Waals surface area contributed by atoms with Crippen molar-refractivity contribution in [3.05, 3.63) is 91.1 Å². The predicted molar refractivity (Wildman–Crippen MR) is 92.6 cm³/mol. The molecule has 0 spiro atoms. The Morgan fingerprint density at radius 1 is 0.545 bits per heavy atom. The van der Waals surface area contributed by atoms with Crippen molar-refractivity contribution in [3.8, 4) is 22.3 Å². The average molecular weight is 281 g/mol. The van der Waals surface area contributed by atoms with Gasteiger partial charge in [-0.25, -0.2) is 0 Å². The van der Waals surface area contributed by atoms with E-state index in [4.69, 9.17) is 0 Å². The lowest BCUT2D eigenvalue weighted by Gasteiger charge is -2.10. The second-order valence-electron chi connectivity index (χ2n) is 5.32. The lowest BCUT2D eigenvalue weighted by molar-refractivity contribution is 1.41. The summed E-state index contributed by atoms with van der Waals surface area (Å²) < 4.78 is 0. The monoisotopic (exact) mass is 281 g/mol. The van der Waals surface area contributed by atoms with Gasteiger partial charge in [0.15, 0.2) is 0 Å². The molecule has 0 N–H and O–H groups in total. The zero-order chi connectivity index (χ0) is 14.8. The normalized spacial score (nSPS) is 10.7. The van der Waals surface area contributed by atoms with Gasteiger partial charge in [0.05, 0.1) is 5.52 Å². The maximum absolute atomic E-state index is 4.40. The van der Waals surface area contributed by atoms with Crippen LogP contribution in [0.1, 0.15) is 0 Å². The van der Waals surface area contributed by atoms with Crippen LogP contribution in [0.5, 0.6) is 0 Å². The number of hydrogen-bond acceptors (Lipinski definition) is 1. The van der Waals surface area contributed by atoms with Crippen molar-refractivity contribution in [1.82, 2.24) is 4.98 Å². The molecule has 0 atom stereocenters. The highest BCUT2D eigenvalue weighted by Crippen LogP contribution is 2.33. The number of hydrogen-bond donors (Lipinski definition) is 0. The highest BCUT2D eigenvalue weighted by Gasteiger charge is 2.07. The first kappa shape index (κ1) is 12.8. The van der Waals surface area contributed by atoms with E-state index in [1.807, 2.05) is 18.3 Å². The van der Waals surface area contributed by atoms with Crippen LogP contribution >= 0.6 is 0 Å². The summed E-state index contributed by atoms with van der Waals surface area (Å²) in [7, 11) is 0. The summed E-state index contributed by atoms with van der Waals surface area (Å²) in [5, 5.41) is 1.17. The molecule has 3 aromatic carbocycles. The van der Waals surface area contributed by atoms with Crippen molar-refractivity contribution in [3.63, 3.8) is 0 Å². The van der Waals surface area contributed by atoms with Crippen LogP contribution in [0, 0.1) is 0 Å². The molecule has 0 radical (unpaired) electrons. The second-order valence-corrected chi connectivity index (χ2v) is 5.32. The number of pyridine rings is 1. The molecule has 0 aliphatic rings. The Kier molecular flexibility index (Phi) is 3.17. The van der Waals surface area contributed by atoms with Crippen LogP contribution in [0.3, 0.4) is 0 Å². The third kappa shape index (κ3) is 2.27. The summed E-state index contributed by atoms with van der Waals surface area (Å²) in [6.07, 6.45) is 1.83. The molecule has 0 unspecified atom stereocenters. The molecule has 4 aromatic rings. The van der Waals surface area contributed by atoms with Crippen LogP contribution in [-0.2, 0) is 0 Å². The molecule has 0 saturated heterocycles. The molecule has 0 aliphatic heterocycles. The largest absolute Gasteiger partial charge is 0.256 e. The summed E-state index contributed by atoms with van der Waals surface area (Å²) in [5.74, 6) is 0. The van der Waals surface area contributed by atoms with Crippen LogP contribution < -0.4 is 0 Å². The van der Waals surface area contributed by atoms with Crippen molar-refractivity contribution < 1.29 is 0 Å². The maximum Gasteiger partial charge on any atom is 0.0702 e. The molecule has 1 heteroatoms. The van der Waals surface area contributed by atoms with Crippen molar-refractivity contribution in [2.45, 2.75) is 0 Å². The quantitative estimate of drug-likeness (QED) is 0.468. The van der Waals surface area contributed by atoms with Crippen LogP contribution in [0.4, 0.5) is 0 Å². The number of nitrogens with zero attached hydrogens (tertiary/aromatic N) is 1. The van der Waals surface area contributed by atoms with Gasteiger partial charge >= 0.3 is 0 Å². The van der Waals surface area contributed by atoms with Gasteiger partial charge in [-0.1, -0.05) is 66.7 Å². The minimum absolute atomic E-state index is 1.03. The summed E-state index contributed by atoms with van der Waals surface area (Å²) in [6, 6.07) is 29.6. The minimum Gasteiger partial charge on any atom is -0.256 e. The Labute approximate surface area is 129 Å². The molecule has 0 fully saturated rings. The summed E-state index contributed by atoms with van der Waals surface area (Å²) in [4.78, 5) is 4.40. The zero-order valence-corrected chi connectivity index (χ0v) is 12.1. The van der Waals surface area contributed by atoms with Gasteiger partial charge in [-0.2, -0.15) is 0 Å². The third-order valence-corrected chi connectivity index (χ3v) is 3.93. The first-order valence-corrected chi connectivity index (χ1v) is 7.41. The SMILES string of the molecule is c1ccc(-c2ccccc2-c2ccc3ncccc3c2)cc1. The van der Waals surface area contributed by atoms with Crippen molar-refractivity contribution in [1.29, 1.82) is 0 Å². The van der Waals surface area contributed by atoms with Crippen molar-refractivity contribution in [2.24, 2.45) is 0 Å². The van der Waals surface area contributed by atoms with Crippen molar-refractivity contribution >= 4 is 10.9 Å². The van der Waals surface area contributed by atoms with Crippen LogP contribution in [0.15, 0.2) is 91.1 Å². The average Bonchev–Trinajstić information content (AvgIpc) is 2.62. The van der Waals surface area contributed by atoms with E-state index in [0.29, 0.717) is 0 Å². The van der Waals surface area contributed by atoms with E-state index >= 15 is 0 Å². The molecule has 104 valence electrons. The molecular weight excluding hydrogens is 266 g/mol. The predicted octanol–water partition coefficient (Wildman–Crippen LogP) is 5.57. The lowest BCUT2D eigenvalue weighted by atomic mass is 9.94. The fourth-order valence-corrected chi connectivity index (χ4v) is 2.85. The Balaban J connectivity index is 1.92. The van der Waals surface area contributed by atoms with Crippen molar-refractivity contribution in [2.75, 3.05) is 0 Å². The van der Waals surface area contributed by atoms with Gasteiger partial charge < -0.3 is 0 Å². The van der Waals surface area contributed by atoms with Gasteiger partial charge in [0.25, 0.3) is 0 Å². The van der Waals surface area contributed by atoms with Gasteiger partial charge in [0.2, 0.25) is 0 Å². The maximum atomic E-state index is 4.40. The Morgan fingerprint density at radius 3 is 2.09 bits per heavy atom. The van der Waals surface area contributed by atoms with Gasteiger partial charge in [-0.15, -0.1) is 0 Å². The fourth-order valence-electron chi connectivity index (χ4n) is 2.85. The molecule has 22 heavy (non-hydrogen) atoms. The first-order chi connectivity index (χ1) is 10.9. The van der Waals surface area contributed by atoms with E-state index in [-0.39, 0.29) is 0 Å². The Hall–Kier alpha value is -2.93. The second kappa shape index (κ2) is 5.45. The smallest absolute Gasteiger partial charge is 0.0702 e. The molecule has 0 amide bonds. The summed E-state index contributed by atoms with van der Waals surface area (Å²) in [5.41, 5.74) is 6.00. The number of fused-ring (bicyclic) bond motifs is 1. The molecule has 1 aromatic heterocycles. The molecule has 1 heterocycles. The molecule has 0 aliphatic carbocycles. The topological polar surface area (TPSA) is 12.9 Å². The first-order valence-electron chi connectivity index (χ1n) is 7.41. The third-order valence-electron chi connectivity index (χ3n) is 3.93. The molecule has 4 rings (SSSR count). The molecule has 0 bridgehead atoms. The van der Waals surface area contributed by atoms with Crippen LogP contribution in [0.2, 0.25) is 0 Å². The van der Waals surface area contributed by atoms with Crippen LogP contribution in [-0.4, -0.2) is 4.98 Å². The van der Waals surface area contributed by atoms with Gasteiger partial charge in [-0.3, -0.25) is 4.98 Å². The Bertz CT molecular complexity index is 926. The molecular formula is C21H15N. The van der Waals surface area contributed by atoms with E-state index in [0.717, 1.165) is 5.52 Å². The van der Waals surface area contributed by atoms with Gasteiger partial charge in [-0.05, 0) is 40.5 Å². The number of benzene rings is 3. The summed E-state index contributed by atoms with van der Waals surface area (Å²) in [6.45, 7) is 0. The van der Waals surface area contributed by atoms with Gasteiger partial charge in [0, 0.05) is 11.6 Å². The molecule has 0 saturated carbocycles. The molecule has 1 nitrogen and oxygen atoms in total. The fraction of sp³-hybridized carbons (Fsp3) is 0. The zero-order valence-electron chi connectivity index (χ0n) is 12.1. The van der Waals surface area contributed by atoms with E-state index in [1.165, 1.54) is 27.6 Å². The highest BCUT2D eigenvalue weighted by molar-refractivity contribution is 5.89. The summed E-state index contributed by atoms with van der Waals surface area (Å²) >= 11 is 0. The van der Waals surface area contributed by atoms with Gasteiger partial charge in [0.1, 0.15) is 0 Å². The number of aromatic nitrogens is 1. The standard InChI is InChI=1S/C21H15N/c1-2-7-16(8-3-1)19-10-4-5-11-20(19)17-12-13-21-18(15-17)9-6-14-22-21/h1-15H. The highest BCUT2D eigenvalue weighted by atomic mass is 14.6. The Morgan fingerprint density at radius 2 is 1.27 bits per heavy atom. The van der Waals surface area contributed by atoms with E-state index < -0.39 is 0 Å².